The van der Waals surface area contributed by atoms with Crippen LogP contribution in [0.3, 0.4) is 0 Å². The van der Waals surface area contributed by atoms with Gasteiger partial charge in [0.25, 0.3) is 0 Å². The van der Waals surface area contributed by atoms with E-state index in [0.717, 1.165) is 0 Å². The number of rotatable bonds is 5. The summed E-state index contributed by atoms with van der Waals surface area (Å²) in [4.78, 5) is 25.6. The van der Waals surface area contributed by atoms with Crippen LogP contribution in [0.4, 0.5) is 0 Å². The number of hydrogen-bond donors (Lipinski definition) is 2. The molecule has 1 saturated heterocycles. The topological polar surface area (TPSA) is 94.1 Å². The highest BCUT2D eigenvalue weighted by molar-refractivity contribution is 7.80. The Balaban J connectivity index is 1.84. The number of benzene rings is 2. The van der Waals surface area contributed by atoms with E-state index in [1.807, 2.05) is 0 Å². The lowest BCUT2D eigenvalue weighted by Crippen LogP contribution is -2.61. The lowest BCUT2D eigenvalue weighted by molar-refractivity contribution is -0.227. The maximum absolute atomic E-state index is 12.6. The minimum atomic E-state index is -1.46. The molecule has 2 aromatic rings. The molecule has 0 radical (unpaired) electrons. The fraction of sp³-hybridized carbons (Fsp3) is 0.286. The average molecular weight is 415 g/mol. The van der Waals surface area contributed by atoms with Gasteiger partial charge in [-0.25, -0.2) is 9.59 Å². The van der Waals surface area contributed by atoms with E-state index in [4.69, 9.17) is 26.4 Å². The summed E-state index contributed by atoms with van der Waals surface area (Å²) in [5.41, 5.74) is 0.633. The first kappa shape index (κ1) is 20.9. The second-order valence-electron chi connectivity index (χ2n) is 6.50. The number of nitrogens with one attached hydrogen (secondary N) is 1. The summed E-state index contributed by atoms with van der Waals surface area (Å²) in [5, 5.41) is 13.3. The minimum absolute atomic E-state index is 0.0151. The van der Waals surface area contributed by atoms with Crippen LogP contribution in [-0.2, 0) is 14.2 Å². The number of aliphatic hydroxyl groups excluding tert-OH is 1. The van der Waals surface area contributed by atoms with E-state index in [0.29, 0.717) is 16.1 Å². The molecule has 8 heteroatoms. The van der Waals surface area contributed by atoms with Gasteiger partial charge in [-0.1, -0.05) is 48.6 Å². The molecule has 29 heavy (non-hydrogen) atoms. The number of esters is 2. The maximum Gasteiger partial charge on any atom is 0.338 e. The van der Waals surface area contributed by atoms with Crippen molar-refractivity contribution in [1.82, 2.24) is 5.32 Å². The van der Waals surface area contributed by atoms with E-state index in [1.54, 1.807) is 67.6 Å². The van der Waals surface area contributed by atoms with Crippen LogP contribution < -0.4 is 5.32 Å². The Morgan fingerprint density at radius 2 is 1.45 bits per heavy atom. The lowest BCUT2D eigenvalue weighted by atomic mass is 10.0. The third-order valence-corrected chi connectivity index (χ3v) is 4.46. The molecule has 4 unspecified atom stereocenters. The Kier molecular flexibility index (Phi) is 6.92. The molecule has 7 nitrogen and oxygen atoms in total. The van der Waals surface area contributed by atoms with Gasteiger partial charge in [0.1, 0.15) is 0 Å². The molecule has 0 aromatic heterocycles. The lowest BCUT2D eigenvalue weighted by Gasteiger charge is -2.39. The second-order valence-corrected chi connectivity index (χ2v) is 7.12. The summed E-state index contributed by atoms with van der Waals surface area (Å²) in [6.45, 7) is 1.68. The van der Waals surface area contributed by atoms with Gasteiger partial charge in [-0.15, -0.1) is 0 Å². The zero-order valence-corrected chi connectivity index (χ0v) is 16.5. The monoisotopic (exact) mass is 415 g/mol. The molecule has 2 aromatic carbocycles. The van der Waals surface area contributed by atoms with Crippen molar-refractivity contribution in [2.24, 2.45) is 0 Å². The fourth-order valence-electron chi connectivity index (χ4n) is 2.97. The summed E-state index contributed by atoms with van der Waals surface area (Å²) in [7, 11) is 0. The molecule has 2 N–H and O–H groups in total. The largest absolute Gasteiger partial charge is 0.452 e. The van der Waals surface area contributed by atoms with Gasteiger partial charge in [-0.3, -0.25) is 0 Å². The van der Waals surface area contributed by atoms with Gasteiger partial charge in [-0.05, 0) is 31.2 Å². The third-order valence-electron chi connectivity index (χ3n) is 4.34. The Labute approximate surface area is 173 Å². The van der Waals surface area contributed by atoms with Gasteiger partial charge in [-0.2, -0.15) is 0 Å². The molecule has 0 bridgehead atoms. The molecule has 3 rings (SSSR count). The normalized spacial score (nSPS) is 23.7. The molecule has 152 valence electrons. The zero-order chi connectivity index (χ0) is 20.8. The smallest absolute Gasteiger partial charge is 0.338 e. The minimum Gasteiger partial charge on any atom is -0.452 e. The molecule has 0 aliphatic carbocycles. The SMILES string of the molecule is CC(=S)NC1COC(O)C(OC(=O)c2ccccc2)C1OC(=O)c1ccccc1. The molecule has 0 saturated carbocycles. The standard InChI is InChI=1S/C21H21NO6S/c1-13(29)22-16-12-26-21(25)18(28-20(24)15-10-6-3-7-11-15)17(16)27-19(23)14-8-4-2-5-9-14/h2-11,16-18,21,25H,12H2,1H3,(H,22,29). The van der Waals surface area contributed by atoms with Crippen molar-refractivity contribution in [3.8, 4) is 0 Å². The molecule has 1 fully saturated rings. The zero-order valence-electron chi connectivity index (χ0n) is 15.7. The average Bonchev–Trinajstić information content (AvgIpc) is 2.73. The van der Waals surface area contributed by atoms with Gasteiger partial charge < -0.3 is 24.6 Å². The van der Waals surface area contributed by atoms with Crippen molar-refractivity contribution >= 4 is 29.1 Å². The summed E-state index contributed by atoms with van der Waals surface area (Å²) in [6.07, 6.45) is -3.72. The van der Waals surface area contributed by atoms with E-state index in [1.165, 1.54) is 0 Å². The highest BCUT2D eigenvalue weighted by Gasteiger charge is 2.45. The van der Waals surface area contributed by atoms with Crippen LogP contribution in [0.1, 0.15) is 27.6 Å². The van der Waals surface area contributed by atoms with Crippen LogP contribution in [-0.4, -0.2) is 53.2 Å². The highest BCUT2D eigenvalue weighted by Crippen LogP contribution is 2.23. The van der Waals surface area contributed by atoms with Crippen LogP contribution in [0.15, 0.2) is 60.7 Å². The van der Waals surface area contributed by atoms with E-state index in [9.17, 15) is 14.7 Å². The predicted octanol–water partition coefficient (Wildman–Crippen LogP) is 2.09. The Bertz CT molecular complexity index is 860. The quantitative estimate of drug-likeness (QED) is 0.566. The molecule has 1 aliphatic heterocycles. The Hall–Kier alpha value is -2.81. The fourth-order valence-corrected chi connectivity index (χ4v) is 3.13. The number of aliphatic hydroxyl groups is 1. The van der Waals surface area contributed by atoms with E-state index in [2.05, 4.69) is 5.32 Å². The summed E-state index contributed by atoms with van der Waals surface area (Å²) in [5.74, 6) is -1.28. The number of ether oxygens (including phenoxy) is 3. The van der Waals surface area contributed by atoms with Crippen molar-refractivity contribution in [3.05, 3.63) is 71.8 Å². The van der Waals surface area contributed by atoms with E-state index >= 15 is 0 Å². The van der Waals surface area contributed by atoms with E-state index in [-0.39, 0.29) is 6.61 Å². The number of carbonyl (C=O) groups is 2. The van der Waals surface area contributed by atoms with Gasteiger partial charge in [0.05, 0.1) is 28.8 Å². The number of hydrogen-bond acceptors (Lipinski definition) is 7. The molecule has 1 heterocycles. The van der Waals surface area contributed by atoms with Crippen LogP contribution in [0, 0.1) is 0 Å². The molecular weight excluding hydrogens is 394 g/mol. The first-order valence-electron chi connectivity index (χ1n) is 9.04. The molecule has 4 atom stereocenters. The van der Waals surface area contributed by atoms with Crippen molar-refractivity contribution < 1.29 is 28.9 Å². The van der Waals surface area contributed by atoms with Crippen molar-refractivity contribution in [2.45, 2.75) is 31.5 Å². The Morgan fingerprint density at radius 3 is 1.93 bits per heavy atom. The van der Waals surface area contributed by atoms with Crippen LogP contribution >= 0.6 is 12.2 Å². The first-order valence-corrected chi connectivity index (χ1v) is 9.45. The van der Waals surface area contributed by atoms with Gasteiger partial charge in [0.15, 0.2) is 18.5 Å². The number of thiocarbonyl (C=S) groups is 1. The summed E-state index contributed by atoms with van der Waals surface area (Å²) < 4.78 is 16.4. The summed E-state index contributed by atoms with van der Waals surface area (Å²) in [6, 6.07) is 16.1. The van der Waals surface area contributed by atoms with Gasteiger partial charge in [0.2, 0.25) is 0 Å². The van der Waals surface area contributed by atoms with Crippen molar-refractivity contribution in [2.75, 3.05) is 6.61 Å². The molecular formula is C21H21NO6S. The van der Waals surface area contributed by atoms with E-state index < -0.39 is 36.5 Å². The molecule has 1 aliphatic rings. The molecule has 0 amide bonds. The van der Waals surface area contributed by atoms with Crippen LogP contribution in [0.25, 0.3) is 0 Å². The third kappa shape index (κ3) is 5.38. The van der Waals surface area contributed by atoms with Gasteiger partial charge >= 0.3 is 11.9 Å². The van der Waals surface area contributed by atoms with Crippen molar-refractivity contribution in [3.63, 3.8) is 0 Å². The maximum atomic E-state index is 12.6. The van der Waals surface area contributed by atoms with Crippen LogP contribution in [0.5, 0.6) is 0 Å². The van der Waals surface area contributed by atoms with Crippen molar-refractivity contribution in [1.29, 1.82) is 0 Å². The second kappa shape index (κ2) is 9.60. The van der Waals surface area contributed by atoms with Crippen LogP contribution in [0.2, 0.25) is 0 Å². The predicted molar refractivity (Wildman–Crippen MR) is 108 cm³/mol. The molecule has 0 spiro atoms. The van der Waals surface area contributed by atoms with Gasteiger partial charge in [0, 0.05) is 0 Å². The summed E-state index contributed by atoms with van der Waals surface area (Å²) >= 11 is 5.09. The highest BCUT2D eigenvalue weighted by atomic mass is 32.1. The first-order chi connectivity index (χ1) is 14.0. The Morgan fingerprint density at radius 1 is 0.966 bits per heavy atom. The number of carbonyl (C=O) groups excluding carboxylic acids is 2.